The van der Waals surface area contributed by atoms with E-state index in [1.165, 1.54) is 11.0 Å². The molecule has 0 saturated carbocycles. The molecular weight excluding hydrogens is 319 g/mol. The Kier molecular flexibility index (Phi) is 9.47. The average molecular weight is 331 g/mol. The van der Waals surface area contributed by atoms with Crippen molar-refractivity contribution in [1.82, 2.24) is 11.0 Å². The van der Waals surface area contributed by atoms with E-state index in [1.54, 1.807) is 60.7 Å². The summed E-state index contributed by atoms with van der Waals surface area (Å²) in [4.78, 5) is 21.2. The molecule has 21 heavy (non-hydrogen) atoms. The molecule has 0 aliphatic rings. The van der Waals surface area contributed by atoms with E-state index in [4.69, 9.17) is 0 Å². The number of benzene rings is 2. The van der Waals surface area contributed by atoms with Gasteiger partial charge in [-0.3, -0.25) is 9.59 Å². The van der Waals surface area contributed by atoms with Crippen LogP contribution in [0.5, 0.6) is 0 Å². The number of amides is 2. The molecule has 0 heterocycles. The summed E-state index contributed by atoms with van der Waals surface area (Å²) < 4.78 is 0. The van der Waals surface area contributed by atoms with E-state index in [9.17, 15) is 20.0 Å². The van der Waals surface area contributed by atoms with Gasteiger partial charge in [-0.1, -0.05) is 36.4 Å². The minimum absolute atomic E-state index is 0. The van der Waals surface area contributed by atoms with Crippen molar-refractivity contribution < 1.29 is 26.4 Å². The summed E-state index contributed by atoms with van der Waals surface area (Å²) >= 11 is 0. The Morgan fingerprint density at radius 3 is 1.19 bits per heavy atom. The number of rotatable bonds is 2. The number of hydrogen-bond donors (Lipinski definition) is 2. The van der Waals surface area contributed by atoms with E-state index in [1.807, 2.05) is 0 Å². The molecule has 0 fully saturated rings. The summed E-state index contributed by atoms with van der Waals surface area (Å²) in [5, 5.41) is 19.7. The summed E-state index contributed by atoms with van der Waals surface area (Å²) in [6.45, 7) is 0. The van der Waals surface area contributed by atoms with Crippen LogP contribution in [0.2, 0.25) is 0 Å². The van der Waals surface area contributed by atoms with Crippen LogP contribution in [-0.4, -0.2) is 11.8 Å². The quantitative estimate of drug-likeness (QED) is 0.819. The molecule has 0 aliphatic heterocycles. The first-order valence-corrected chi connectivity index (χ1v) is 5.64. The predicted octanol–water partition coefficient (Wildman–Crippen LogP) is 1.83. The number of hydroxylamine groups is 2. The van der Waals surface area contributed by atoms with Gasteiger partial charge in [-0.25, -0.2) is 0 Å². The second-order valence-electron chi connectivity index (χ2n) is 3.59. The Labute approximate surface area is 131 Å². The molecule has 111 valence electrons. The summed E-state index contributed by atoms with van der Waals surface area (Å²) in [5.41, 5.74) is 3.36. The van der Waals surface area contributed by atoms with Gasteiger partial charge in [0.15, 0.2) is 0 Å². The molecule has 7 heteroatoms. The zero-order chi connectivity index (χ0) is 14.8. The first-order valence-electron chi connectivity index (χ1n) is 5.64. The maximum atomic E-state index is 10.6. The summed E-state index contributed by atoms with van der Waals surface area (Å²) in [6, 6.07) is 16.7. The molecule has 0 bridgehead atoms. The van der Waals surface area contributed by atoms with Crippen LogP contribution in [0.15, 0.2) is 60.7 Å². The topological polar surface area (TPSA) is 104 Å². The van der Waals surface area contributed by atoms with Gasteiger partial charge in [-0.15, -0.1) is 0 Å². The van der Waals surface area contributed by atoms with Crippen molar-refractivity contribution in [3.05, 3.63) is 82.2 Å². The molecule has 0 aromatic heterocycles. The van der Waals surface area contributed by atoms with Gasteiger partial charge >= 0.3 is 16.8 Å². The average Bonchev–Trinajstić information content (AvgIpc) is 2.55. The fraction of sp³-hybridized carbons (Fsp3) is 0. The second kappa shape index (κ2) is 10.6. The van der Waals surface area contributed by atoms with E-state index in [0.717, 1.165) is 0 Å². The summed E-state index contributed by atoms with van der Waals surface area (Å²) in [7, 11) is 0. The smallest absolute Gasteiger partial charge is 0.759 e. The Hall–Kier alpha value is -2.19. The van der Waals surface area contributed by atoms with E-state index >= 15 is 0 Å². The minimum atomic E-state index is -0.597. The first kappa shape index (κ1) is 18.8. The van der Waals surface area contributed by atoms with Crippen LogP contribution in [0.1, 0.15) is 20.7 Å². The normalized spacial score (nSPS) is 8.48. The Morgan fingerprint density at radius 2 is 0.952 bits per heavy atom. The fourth-order valence-corrected chi connectivity index (χ4v) is 1.30. The van der Waals surface area contributed by atoms with Crippen LogP contribution < -0.4 is 11.0 Å². The molecule has 0 unspecified atom stereocenters. The number of carbonyl (C=O) groups excluding carboxylic acids is 2. The van der Waals surface area contributed by atoms with Crippen LogP contribution in [0.4, 0.5) is 0 Å². The third-order valence-electron chi connectivity index (χ3n) is 2.26. The second-order valence-corrected chi connectivity index (χ2v) is 3.59. The van der Waals surface area contributed by atoms with Gasteiger partial charge in [-0.2, -0.15) is 0 Å². The largest absolute Gasteiger partial charge is 2.00 e. The SMILES string of the molecule is O=C(N[O-])c1ccccc1.O=C(N[O-])c1ccccc1.[Co+2]. The Bertz CT molecular complexity index is 498. The zero-order valence-electron chi connectivity index (χ0n) is 10.7. The molecule has 2 aromatic rings. The van der Waals surface area contributed by atoms with Gasteiger partial charge in [-0.05, 0) is 24.3 Å². The number of nitrogens with one attached hydrogen (secondary N) is 2. The van der Waals surface area contributed by atoms with Crippen LogP contribution in [0.3, 0.4) is 0 Å². The van der Waals surface area contributed by atoms with Gasteiger partial charge in [0.05, 0.1) is 0 Å². The van der Waals surface area contributed by atoms with Crippen molar-refractivity contribution in [2.75, 3.05) is 0 Å². The molecular formula is C14H12CoN2O4. The van der Waals surface area contributed by atoms with Crippen molar-refractivity contribution in [1.29, 1.82) is 0 Å². The monoisotopic (exact) mass is 331 g/mol. The van der Waals surface area contributed by atoms with Crippen LogP contribution in [0, 0.1) is 10.4 Å². The van der Waals surface area contributed by atoms with Crippen molar-refractivity contribution in [2.45, 2.75) is 0 Å². The fourth-order valence-electron chi connectivity index (χ4n) is 1.30. The molecule has 0 atom stereocenters. The predicted molar refractivity (Wildman–Crippen MR) is 74.6 cm³/mol. The number of hydrogen-bond acceptors (Lipinski definition) is 4. The van der Waals surface area contributed by atoms with E-state index in [0.29, 0.717) is 11.1 Å². The molecule has 0 spiro atoms. The standard InChI is InChI=1S/2C7H6NO2.Co/c2*9-7(8-10)6-4-2-1-3-5-6;/h2*1-5H,(H-,8,9,10);/q2*-1;+2. The van der Waals surface area contributed by atoms with Gasteiger partial charge in [0.25, 0.3) is 0 Å². The van der Waals surface area contributed by atoms with Gasteiger partial charge < -0.3 is 21.4 Å². The van der Waals surface area contributed by atoms with Crippen molar-refractivity contribution in [2.24, 2.45) is 0 Å². The zero-order valence-corrected chi connectivity index (χ0v) is 11.8. The van der Waals surface area contributed by atoms with Crippen molar-refractivity contribution >= 4 is 11.8 Å². The van der Waals surface area contributed by atoms with E-state index in [-0.39, 0.29) is 16.8 Å². The van der Waals surface area contributed by atoms with Gasteiger partial charge in [0.2, 0.25) is 11.8 Å². The Balaban J connectivity index is 0.000000364. The maximum Gasteiger partial charge on any atom is 2.00 e. The van der Waals surface area contributed by atoms with Gasteiger partial charge in [0, 0.05) is 11.1 Å². The van der Waals surface area contributed by atoms with Gasteiger partial charge in [0.1, 0.15) is 0 Å². The van der Waals surface area contributed by atoms with E-state index < -0.39 is 11.8 Å². The van der Waals surface area contributed by atoms with Crippen LogP contribution in [-0.2, 0) is 16.8 Å². The molecule has 0 saturated heterocycles. The molecule has 1 radical (unpaired) electrons. The molecule has 2 N–H and O–H groups in total. The summed E-state index contributed by atoms with van der Waals surface area (Å²) in [6.07, 6.45) is 0. The molecule has 2 amide bonds. The van der Waals surface area contributed by atoms with E-state index in [2.05, 4.69) is 0 Å². The summed E-state index contributed by atoms with van der Waals surface area (Å²) in [5.74, 6) is -1.19. The Morgan fingerprint density at radius 1 is 0.667 bits per heavy atom. The molecule has 6 nitrogen and oxygen atoms in total. The molecule has 2 rings (SSSR count). The van der Waals surface area contributed by atoms with Crippen LogP contribution >= 0.6 is 0 Å². The van der Waals surface area contributed by atoms with Crippen molar-refractivity contribution in [3.8, 4) is 0 Å². The minimum Gasteiger partial charge on any atom is -0.759 e. The maximum absolute atomic E-state index is 10.6. The first-order chi connectivity index (χ1) is 9.69. The molecule has 0 aliphatic carbocycles. The van der Waals surface area contributed by atoms with Crippen LogP contribution in [0.25, 0.3) is 0 Å². The molecule has 2 aromatic carbocycles. The third-order valence-corrected chi connectivity index (χ3v) is 2.26. The number of carbonyl (C=O) groups is 2. The van der Waals surface area contributed by atoms with Crippen molar-refractivity contribution in [3.63, 3.8) is 0 Å². The third kappa shape index (κ3) is 6.68.